The quantitative estimate of drug-likeness (QED) is 0.561. The van der Waals surface area contributed by atoms with Crippen LogP contribution in [0.4, 0.5) is 18.9 Å². The lowest BCUT2D eigenvalue weighted by Gasteiger charge is -2.30. The summed E-state index contributed by atoms with van der Waals surface area (Å²) in [6.07, 6.45) is -4.07. The van der Waals surface area contributed by atoms with Crippen LogP contribution in [0, 0.1) is 5.92 Å². The van der Waals surface area contributed by atoms with Crippen molar-refractivity contribution < 1.29 is 26.4 Å². The second-order valence-corrected chi connectivity index (χ2v) is 10.5. The van der Waals surface area contributed by atoms with Gasteiger partial charge in [-0.3, -0.25) is 4.79 Å². The number of piperidine rings is 1. The summed E-state index contributed by atoms with van der Waals surface area (Å²) in [6, 6.07) is 10.2. The summed E-state index contributed by atoms with van der Waals surface area (Å²) in [5.74, 6) is -1.09. The molecule has 1 saturated heterocycles. The molecule has 0 aromatic heterocycles. The first-order valence-corrected chi connectivity index (χ1v) is 12.1. The maximum absolute atomic E-state index is 13.0. The van der Waals surface area contributed by atoms with E-state index >= 15 is 0 Å². The van der Waals surface area contributed by atoms with Crippen LogP contribution in [0.2, 0.25) is 5.02 Å². The Morgan fingerprint density at radius 2 is 1.84 bits per heavy atom. The van der Waals surface area contributed by atoms with Crippen LogP contribution in [-0.2, 0) is 26.7 Å². The van der Waals surface area contributed by atoms with Crippen molar-refractivity contribution in [2.24, 2.45) is 5.92 Å². The van der Waals surface area contributed by atoms with Crippen molar-refractivity contribution >= 4 is 49.1 Å². The molecule has 1 heterocycles. The number of rotatable bonds is 5. The van der Waals surface area contributed by atoms with Gasteiger partial charge in [-0.05, 0) is 48.7 Å². The first-order valence-electron chi connectivity index (χ1n) is 9.35. The zero-order valence-electron chi connectivity index (χ0n) is 16.1. The number of hydrogen-bond acceptors (Lipinski definition) is 3. The fraction of sp³-hybridized carbons (Fsp3) is 0.350. The molecular weight excluding hydrogens is 521 g/mol. The minimum absolute atomic E-state index is 0.00793. The van der Waals surface area contributed by atoms with Crippen LogP contribution in [0.15, 0.2) is 46.9 Å². The van der Waals surface area contributed by atoms with Gasteiger partial charge in [0.2, 0.25) is 15.9 Å². The van der Waals surface area contributed by atoms with Gasteiger partial charge in [-0.2, -0.15) is 13.2 Å². The molecule has 0 radical (unpaired) electrons. The van der Waals surface area contributed by atoms with E-state index in [1.54, 1.807) is 24.3 Å². The van der Waals surface area contributed by atoms with Crippen LogP contribution in [-0.4, -0.2) is 31.7 Å². The fourth-order valence-corrected chi connectivity index (χ4v) is 5.61. The third-order valence-corrected chi connectivity index (χ3v) is 7.67. The van der Waals surface area contributed by atoms with Gasteiger partial charge in [0, 0.05) is 29.2 Å². The average Bonchev–Trinajstić information content (AvgIpc) is 2.68. The number of carbonyl (C=O) groups is 1. The lowest BCUT2D eigenvalue weighted by atomic mass is 9.97. The molecule has 31 heavy (non-hydrogen) atoms. The lowest BCUT2D eigenvalue weighted by Crippen LogP contribution is -2.41. The molecular formula is C20H19BrClF3N2O3S. The Hall–Kier alpha value is -1.62. The normalized spacial score (nSPS) is 16.3. The van der Waals surface area contributed by atoms with Crippen molar-refractivity contribution in [2.75, 3.05) is 18.4 Å². The van der Waals surface area contributed by atoms with Gasteiger partial charge >= 0.3 is 6.18 Å². The molecule has 0 bridgehead atoms. The number of halogens is 5. The lowest BCUT2D eigenvalue weighted by molar-refractivity contribution is -0.137. The maximum atomic E-state index is 13.0. The Labute approximate surface area is 191 Å². The van der Waals surface area contributed by atoms with Crippen LogP contribution in [0.25, 0.3) is 0 Å². The number of hydrogen-bond donors (Lipinski definition) is 1. The molecule has 0 atom stereocenters. The zero-order chi connectivity index (χ0) is 22.8. The van der Waals surface area contributed by atoms with Gasteiger partial charge < -0.3 is 5.32 Å². The molecule has 1 aliphatic rings. The number of nitrogens with zero attached hydrogens (tertiary/aromatic N) is 1. The van der Waals surface area contributed by atoms with E-state index in [-0.39, 0.29) is 37.4 Å². The summed E-state index contributed by atoms with van der Waals surface area (Å²) in [5, 5.41) is 2.03. The van der Waals surface area contributed by atoms with Crippen LogP contribution in [0.5, 0.6) is 0 Å². The monoisotopic (exact) mass is 538 g/mol. The van der Waals surface area contributed by atoms with Gasteiger partial charge in [-0.1, -0.05) is 39.7 Å². The van der Waals surface area contributed by atoms with Crippen molar-refractivity contribution in [1.82, 2.24) is 4.31 Å². The first-order chi connectivity index (χ1) is 14.5. The molecule has 0 saturated carbocycles. The molecule has 3 rings (SSSR count). The average molecular weight is 540 g/mol. The van der Waals surface area contributed by atoms with Crippen LogP contribution >= 0.6 is 27.5 Å². The second-order valence-electron chi connectivity index (χ2n) is 7.24. The molecule has 0 unspecified atom stereocenters. The summed E-state index contributed by atoms with van der Waals surface area (Å²) in [5.41, 5.74) is -0.385. The van der Waals surface area contributed by atoms with Crippen molar-refractivity contribution in [2.45, 2.75) is 24.8 Å². The molecule has 11 heteroatoms. The first kappa shape index (κ1) is 24.0. The predicted octanol–water partition coefficient (Wildman–Crippen LogP) is 5.30. The minimum Gasteiger partial charge on any atom is -0.326 e. The van der Waals surface area contributed by atoms with E-state index in [9.17, 15) is 26.4 Å². The third kappa shape index (κ3) is 6.21. The van der Waals surface area contributed by atoms with Gasteiger partial charge in [-0.15, -0.1) is 0 Å². The Bertz CT molecular complexity index is 1070. The Morgan fingerprint density at radius 1 is 1.16 bits per heavy atom. The summed E-state index contributed by atoms with van der Waals surface area (Å²) in [4.78, 5) is 12.5. The van der Waals surface area contributed by atoms with E-state index in [4.69, 9.17) is 11.6 Å². The van der Waals surface area contributed by atoms with Gasteiger partial charge in [0.25, 0.3) is 0 Å². The highest BCUT2D eigenvalue weighted by Crippen LogP contribution is 2.36. The smallest absolute Gasteiger partial charge is 0.326 e. The highest BCUT2D eigenvalue weighted by Gasteiger charge is 2.34. The minimum atomic E-state index is -4.63. The molecule has 2 aromatic carbocycles. The van der Waals surface area contributed by atoms with Crippen molar-refractivity contribution in [3.05, 3.63) is 63.1 Å². The van der Waals surface area contributed by atoms with Gasteiger partial charge in [0.15, 0.2) is 0 Å². The van der Waals surface area contributed by atoms with E-state index in [1.165, 1.54) is 10.4 Å². The van der Waals surface area contributed by atoms with Crippen LogP contribution in [0.1, 0.15) is 24.0 Å². The molecule has 168 valence electrons. The number of amides is 1. The standard InChI is InChI=1S/C20H19BrClF3N2O3S/c21-15-3-1-2-13(10-15)12-31(29,30)27-8-6-14(7-9-27)19(28)26-16-4-5-18(22)17(11-16)20(23,24)25/h1-5,10-11,14H,6-9,12H2,(H,26,28). The van der Waals surface area contributed by atoms with Gasteiger partial charge in [0.05, 0.1) is 16.3 Å². The van der Waals surface area contributed by atoms with Crippen molar-refractivity contribution in [3.8, 4) is 0 Å². The number of nitrogens with one attached hydrogen (secondary N) is 1. The number of anilines is 1. The van der Waals surface area contributed by atoms with Crippen molar-refractivity contribution in [1.29, 1.82) is 0 Å². The Kier molecular flexibility index (Phi) is 7.35. The van der Waals surface area contributed by atoms with Crippen LogP contribution < -0.4 is 5.32 Å². The van der Waals surface area contributed by atoms with E-state index in [0.29, 0.717) is 5.56 Å². The maximum Gasteiger partial charge on any atom is 0.417 e. The summed E-state index contributed by atoms with van der Waals surface area (Å²) in [6.45, 7) is 0.339. The number of carbonyl (C=O) groups excluding carboxylic acids is 1. The largest absolute Gasteiger partial charge is 0.417 e. The van der Waals surface area contributed by atoms with E-state index in [2.05, 4.69) is 21.2 Å². The SMILES string of the molecule is O=C(Nc1ccc(Cl)c(C(F)(F)F)c1)C1CCN(S(=O)(=O)Cc2cccc(Br)c2)CC1. The second kappa shape index (κ2) is 9.48. The fourth-order valence-electron chi connectivity index (χ4n) is 3.39. The van der Waals surface area contributed by atoms with Gasteiger partial charge in [0.1, 0.15) is 0 Å². The zero-order valence-corrected chi connectivity index (χ0v) is 19.3. The molecule has 1 aliphatic heterocycles. The number of benzene rings is 2. The number of alkyl halides is 3. The molecule has 2 aromatic rings. The summed E-state index contributed by atoms with van der Waals surface area (Å²) in [7, 11) is -3.55. The molecule has 0 spiro atoms. The highest BCUT2D eigenvalue weighted by molar-refractivity contribution is 9.10. The Morgan fingerprint density at radius 3 is 2.45 bits per heavy atom. The van der Waals surface area contributed by atoms with Crippen molar-refractivity contribution in [3.63, 3.8) is 0 Å². The molecule has 1 N–H and O–H groups in total. The van der Waals surface area contributed by atoms with Crippen LogP contribution in [0.3, 0.4) is 0 Å². The molecule has 0 aliphatic carbocycles. The highest BCUT2D eigenvalue weighted by atomic mass is 79.9. The Balaban J connectivity index is 1.60. The van der Waals surface area contributed by atoms with Gasteiger partial charge in [-0.25, -0.2) is 12.7 Å². The molecule has 1 amide bonds. The third-order valence-electron chi connectivity index (χ3n) is 5.00. The summed E-state index contributed by atoms with van der Waals surface area (Å²) >= 11 is 8.91. The van der Waals surface area contributed by atoms with E-state index in [0.717, 1.165) is 16.6 Å². The van der Waals surface area contributed by atoms with E-state index < -0.39 is 38.6 Å². The van der Waals surface area contributed by atoms with E-state index in [1.807, 2.05) is 0 Å². The molecule has 5 nitrogen and oxygen atoms in total. The molecule has 1 fully saturated rings. The topological polar surface area (TPSA) is 66.5 Å². The number of sulfonamides is 1. The predicted molar refractivity (Wildman–Crippen MR) is 116 cm³/mol. The summed E-state index contributed by atoms with van der Waals surface area (Å²) < 4.78 is 66.5.